The molecule has 0 aromatic rings. The normalized spacial score (nSPS) is 8.82. The molecule has 0 aromatic heterocycles. The highest BCUT2D eigenvalue weighted by Gasteiger charge is 2.11. The molecule has 0 aliphatic heterocycles. The maximum absolute atomic E-state index is 10.8. The van der Waals surface area contributed by atoms with Gasteiger partial charge in [-0.2, -0.15) is 0 Å². The van der Waals surface area contributed by atoms with Crippen molar-refractivity contribution in [2.24, 2.45) is 0 Å². The highest BCUT2D eigenvalue weighted by Crippen LogP contribution is 1.89. The van der Waals surface area contributed by atoms with Crippen LogP contribution in [0.4, 0.5) is 0 Å². The fourth-order valence-corrected chi connectivity index (χ4v) is 0.555. The van der Waals surface area contributed by atoms with Crippen molar-refractivity contribution < 1.29 is 14.7 Å². The number of aliphatic carboxylic acids is 1. The van der Waals surface area contributed by atoms with Crippen molar-refractivity contribution in [2.45, 2.75) is 13.3 Å². The summed E-state index contributed by atoms with van der Waals surface area (Å²) in [5, 5.41) is 15.0. The lowest BCUT2D eigenvalue weighted by Gasteiger charge is -2.12. The topological polar surface area (TPSA) is 81.5 Å². The van der Waals surface area contributed by atoms with E-state index in [-0.39, 0.29) is 12.3 Å². The molecule has 5 nitrogen and oxygen atoms in total. The van der Waals surface area contributed by atoms with Gasteiger partial charge in [-0.1, -0.05) is 6.92 Å². The minimum atomic E-state index is -1.12. The third-order valence-electron chi connectivity index (χ3n) is 1.08. The first-order valence-corrected chi connectivity index (χ1v) is 3.13. The number of hydrogen-bond acceptors (Lipinski definition) is 3. The van der Waals surface area contributed by atoms with Gasteiger partial charge in [-0.15, -0.1) is 0 Å². The van der Waals surface area contributed by atoms with Crippen molar-refractivity contribution in [1.29, 1.82) is 5.41 Å². The Balaban J connectivity index is 4.05. The maximum atomic E-state index is 10.8. The van der Waals surface area contributed by atoms with Crippen LogP contribution in [0.3, 0.4) is 0 Å². The van der Waals surface area contributed by atoms with Gasteiger partial charge in [0.1, 0.15) is 6.54 Å². The maximum Gasteiger partial charge on any atom is 0.323 e. The summed E-state index contributed by atoms with van der Waals surface area (Å²) < 4.78 is 0. The van der Waals surface area contributed by atoms with Gasteiger partial charge in [-0.05, 0) is 0 Å². The zero-order chi connectivity index (χ0) is 8.85. The number of hydrogen-bond donors (Lipinski definition) is 2. The van der Waals surface area contributed by atoms with E-state index in [0.717, 1.165) is 11.2 Å². The van der Waals surface area contributed by atoms with Gasteiger partial charge in [0.25, 0.3) is 0 Å². The Morgan fingerprint density at radius 3 is 2.45 bits per heavy atom. The molecule has 0 unspecified atom stereocenters. The van der Waals surface area contributed by atoms with E-state index in [9.17, 15) is 9.59 Å². The van der Waals surface area contributed by atoms with Crippen molar-refractivity contribution >= 4 is 18.2 Å². The molecule has 0 aromatic carbocycles. The number of carbonyl (C=O) groups is 2. The summed E-state index contributed by atoms with van der Waals surface area (Å²) in [6.45, 7) is 1.18. The van der Waals surface area contributed by atoms with E-state index >= 15 is 0 Å². The monoisotopic (exact) mass is 158 g/mol. The lowest BCUT2D eigenvalue weighted by molar-refractivity contribution is -0.141. The highest BCUT2D eigenvalue weighted by atomic mass is 16.4. The number of nitrogens with zero attached hydrogens (tertiary/aromatic N) is 1. The Hall–Kier alpha value is -1.39. The number of rotatable bonds is 4. The molecule has 0 bridgehead atoms. The van der Waals surface area contributed by atoms with Crippen LogP contribution in [0.25, 0.3) is 0 Å². The summed E-state index contributed by atoms with van der Waals surface area (Å²) in [6, 6.07) is 0. The molecule has 0 rings (SSSR count). The van der Waals surface area contributed by atoms with Crippen molar-refractivity contribution in [1.82, 2.24) is 4.90 Å². The molecule has 0 heterocycles. The van der Waals surface area contributed by atoms with Crippen molar-refractivity contribution in [3.63, 3.8) is 0 Å². The largest absolute Gasteiger partial charge is 0.480 e. The van der Waals surface area contributed by atoms with Crippen LogP contribution >= 0.6 is 0 Å². The number of carboxylic acids is 1. The molecule has 0 aliphatic rings. The van der Waals surface area contributed by atoms with E-state index in [1.807, 2.05) is 0 Å². The van der Waals surface area contributed by atoms with Gasteiger partial charge in [0.05, 0.1) is 6.34 Å². The minimum Gasteiger partial charge on any atom is -0.480 e. The average Bonchev–Trinajstić information content (AvgIpc) is 1.98. The van der Waals surface area contributed by atoms with Crippen LogP contribution in [0.1, 0.15) is 13.3 Å². The summed E-state index contributed by atoms with van der Waals surface area (Å²) in [4.78, 5) is 21.7. The van der Waals surface area contributed by atoms with Crippen LogP contribution in [0, 0.1) is 5.41 Å². The third-order valence-corrected chi connectivity index (χ3v) is 1.08. The van der Waals surface area contributed by atoms with E-state index in [0.29, 0.717) is 0 Å². The third kappa shape index (κ3) is 3.34. The molecule has 5 heteroatoms. The Kier molecular flexibility index (Phi) is 3.87. The number of nitrogens with one attached hydrogen (secondary N) is 1. The van der Waals surface area contributed by atoms with E-state index in [4.69, 9.17) is 10.5 Å². The summed E-state index contributed by atoms with van der Waals surface area (Å²) in [5.41, 5.74) is 0. The van der Waals surface area contributed by atoms with Crippen LogP contribution in [-0.4, -0.2) is 34.8 Å². The molecule has 2 N–H and O–H groups in total. The van der Waals surface area contributed by atoms with Crippen LogP contribution in [0.5, 0.6) is 0 Å². The zero-order valence-corrected chi connectivity index (χ0v) is 6.20. The first-order chi connectivity index (χ1) is 5.11. The molecule has 0 saturated carbocycles. The fourth-order valence-electron chi connectivity index (χ4n) is 0.555. The Labute approximate surface area is 64.1 Å². The van der Waals surface area contributed by atoms with Gasteiger partial charge in [0.15, 0.2) is 0 Å². The van der Waals surface area contributed by atoms with Crippen molar-refractivity contribution in [2.75, 3.05) is 6.54 Å². The smallest absolute Gasteiger partial charge is 0.323 e. The minimum absolute atomic E-state index is 0.211. The van der Waals surface area contributed by atoms with Gasteiger partial charge in [0.2, 0.25) is 5.91 Å². The molecular formula is C6H10N2O3. The number of amides is 1. The molecule has 11 heavy (non-hydrogen) atoms. The molecule has 0 aliphatic carbocycles. The standard InChI is InChI=1S/C6H10N2O3/c1-2-5(9)8(4-7)3-6(10)11/h4,7H,2-3H2,1H3,(H,10,11). The lowest BCUT2D eigenvalue weighted by Crippen LogP contribution is -2.33. The molecule has 0 atom stereocenters. The van der Waals surface area contributed by atoms with Gasteiger partial charge in [-0.3, -0.25) is 19.9 Å². The summed E-state index contributed by atoms with van der Waals surface area (Å²) in [6.07, 6.45) is 0.933. The number of carboxylic acid groups (broad SMARTS) is 1. The van der Waals surface area contributed by atoms with E-state index in [1.54, 1.807) is 6.92 Å². The first-order valence-electron chi connectivity index (χ1n) is 3.13. The van der Waals surface area contributed by atoms with E-state index in [1.165, 1.54) is 0 Å². The molecule has 0 saturated heterocycles. The second-order valence-electron chi connectivity index (χ2n) is 1.90. The Morgan fingerprint density at radius 1 is 1.64 bits per heavy atom. The van der Waals surface area contributed by atoms with Crippen molar-refractivity contribution in [3.05, 3.63) is 0 Å². The van der Waals surface area contributed by atoms with Crippen LogP contribution in [0.2, 0.25) is 0 Å². The Morgan fingerprint density at radius 2 is 2.18 bits per heavy atom. The first kappa shape index (κ1) is 9.61. The number of carbonyl (C=O) groups excluding carboxylic acids is 1. The second-order valence-corrected chi connectivity index (χ2v) is 1.90. The molecule has 0 radical (unpaired) electrons. The summed E-state index contributed by atoms with van der Waals surface area (Å²) in [7, 11) is 0. The van der Waals surface area contributed by atoms with Crippen molar-refractivity contribution in [3.8, 4) is 0 Å². The Bertz CT molecular complexity index is 179. The molecule has 0 fully saturated rings. The van der Waals surface area contributed by atoms with Gasteiger partial charge in [-0.25, -0.2) is 0 Å². The van der Waals surface area contributed by atoms with Gasteiger partial charge >= 0.3 is 5.97 Å². The molecule has 62 valence electrons. The summed E-state index contributed by atoms with van der Waals surface area (Å²) >= 11 is 0. The van der Waals surface area contributed by atoms with Crippen LogP contribution in [0.15, 0.2) is 0 Å². The quantitative estimate of drug-likeness (QED) is 0.443. The SMILES string of the molecule is CCC(=O)N(C=N)CC(=O)O. The highest BCUT2D eigenvalue weighted by molar-refractivity contribution is 5.90. The van der Waals surface area contributed by atoms with Crippen LogP contribution < -0.4 is 0 Å². The summed E-state index contributed by atoms with van der Waals surface area (Å²) in [5.74, 6) is -1.47. The average molecular weight is 158 g/mol. The molecule has 1 amide bonds. The van der Waals surface area contributed by atoms with E-state index < -0.39 is 12.5 Å². The molecular weight excluding hydrogens is 148 g/mol. The zero-order valence-electron chi connectivity index (χ0n) is 6.20. The van der Waals surface area contributed by atoms with Crippen LogP contribution in [-0.2, 0) is 9.59 Å². The molecule has 0 spiro atoms. The van der Waals surface area contributed by atoms with Gasteiger partial charge in [0, 0.05) is 6.42 Å². The van der Waals surface area contributed by atoms with Gasteiger partial charge < -0.3 is 5.11 Å². The second kappa shape index (κ2) is 4.43. The predicted octanol–water partition coefficient (Wildman–Crippen LogP) is -0.0833. The lowest BCUT2D eigenvalue weighted by atomic mass is 10.4. The fraction of sp³-hybridized carbons (Fsp3) is 0.500. The van der Waals surface area contributed by atoms with E-state index in [2.05, 4.69) is 0 Å². The predicted molar refractivity (Wildman–Crippen MR) is 38.4 cm³/mol.